The summed E-state index contributed by atoms with van der Waals surface area (Å²) in [6, 6.07) is 4.09. The van der Waals surface area contributed by atoms with Crippen LogP contribution >= 0.6 is 0 Å². The van der Waals surface area contributed by atoms with E-state index in [2.05, 4.69) is 49.9 Å². The highest BCUT2D eigenvalue weighted by molar-refractivity contribution is 6.01. The third kappa shape index (κ3) is 9.56. The lowest BCUT2D eigenvalue weighted by molar-refractivity contribution is -0.117. The molecule has 0 spiro atoms. The van der Waals surface area contributed by atoms with Gasteiger partial charge in [0, 0.05) is 26.3 Å². The molecule has 0 aliphatic heterocycles. The Bertz CT molecular complexity index is 850. The molecule has 5 heteroatoms. The minimum absolute atomic E-state index is 0.0788. The van der Waals surface area contributed by atoms with Crippen LogP contribution in [-0.2, 0) is 9.53 Å². The van der Waals surface area contributed by atoms with Crippen molar-refractivity contribution >= 4 is 17.6 Å². The van der Waals surface area contributed by atoms with Crippen molar-refractivity contribution in [1.82, 2.24) is 5.32 Å². The molecule has 0 aromatic heterocycles. The van der Waals surface area contributed by atoms with Crippen LogP contribution in [0.5, 0.6) is 5.75 Å². The molecule has 0 heterocycles. The number of ether oxygens (including phenoxy) is 2. The van der Waals surface area contributed by atoms with E-state index in [0.29, 0.717) is 11.0 Å². The number of carbonyl (C=O) groups is 1. The van der Waals surface area contributed by atoms with Crippen LogP contribution < -0.4 is 10.1 Å². The molecule has 1 aliphatic carbocycles. The van der Waals surface area contributed by atoms with E-state index in [1.165, 1.54) is 11.1 Å². The van der Waals surface area contributed by atoms with E-state index in [1.807, 2.05) is 24.3 Å². The number of amides is 1. The summed E-state index contributed by atoms with van der Waals surface area (Å²) in [7, 11) is 4.93. The molecule has 1 amide bonds. The Morgan fingerprint density at radius 1 is 1.24 bits per heavy atom. The molecule has 0 saturated carbocycles. The number of aliphatic hydroxyl groups is 1. The van der Waals surface area contributed by atoms with Gasteiger partial charge in [-0.2, -0.15) is 0 Å². The van der Waals surface area contributed by atoms with Crippen molar-refractivity contribution in [3.8, 4) is 5.75 Å². The molecule has 5 nitrogen and oxygen atoms in total. The van der Waals surface area contributed by atoms with Gasteiger partial charge in [0.05, 0.1) is 13.7 Å². The molecule has 0 atom stereocenters. The minimum atomic E-state index is -0.182. The fourth-order valence-electron chi connectivity index (χ4n) is 3.64. The van der Waals surface area contributed by atoms with Crippen molar-refractivity contribution < 1.29 is 19.4 Å². The zero-order valence-electron chi connectivity index (χ0n) is 21.6. The van der Waals surface area contributed by atoms with Crippen LogP contribution in [0.25, 0.3) is 11.6 Å². The van der Waals surface area contributed by atoms with Gasteiger partial charge in [-0.05, 0) is 78.5 Å². The number of allylic oxidation sites excluding steroid dienone is 3. The molecule has 184 valence electrons. The Morgan fingerprint density at radius 2 is 1.94 bits per heavy atom. The zero-order chi connectivity index (χ0) is 24.9. The summed E-state index contributed by atoms with van der Waals surface area (Å²) in [6.45, 7) is 9.00. The molecule has 2 rings (SSSR count). The third-order valence-corrected chi connectivity index (χ3v) is 5.70. The van der Waals surface area contributed by atoms with Crippen molar-refractivity contribution in [3.63, 3.8) is 0 Å². The molecule has 0 unspecified atom stereocenters. The van der Waals surface area contributed by atoms with E-state index < -0.39 is 0 Å². The van der Waals surface area contributed by atoms with E-state index in [1.54, 1.807) is 21.3 Å². The second-order valence-electron chi connectivity index (χ2n) is 9.17. The number of aliphatic hydroxyl groups excluding tert-OH is 1. The first kappa shape index (κ1) is 28.7. The van der Waals surface area contributed by atoms with E-state index in [-0.39, 0.29) is 19.1 Å². The highest BCUT2D eigenvalue weighted by atomic mass is 16.5. The second kappa shape index (κ2) is 14.7. The standard InChI is InChI=1S/C26H37NO3.C2H6O/c1-6-7-8-9-21(25(29)27-14-15-28)16-22-17-23(30-5)18-24(19(22)2)20-10-12-26(3,4)13-11-20;1-3-2/h8-10,16-18,28H,6-7,11-15H2,1-5H3,(H,27,29);1-2H3/b9-8+,21-16+;. The lowest BCUT2D eigenvalue weighted by Crippen LogP contribution is -2.27. The lowest BCUT2D eigenvalue weighted by atomic mass is 9.76. The summed E-state index contributed by atoms with van der Waals surface area (Å²) >= 11 is 0. The number of rotatable bonds is 9. The van der Waals surface area contributed by atoms with E-state index in [0.717, 1.165) is 49.0 Å². The number of nitrogens with one attached hydrogen (secondary N) is 1. The van der Waals surface area contributed by atoms with E-state index in [9.17, 15) is 4.79 Å². The number of hydrogen-bond donors (Lipinski definition) is 2. The Morgan fingerprint density at radius 3 is 2.48 bits per heavy atom. The smallest absolute Gasteiger partial charge is 0.251 e. The maximum absolute atomic E-state index is 12.6. The SMILES string of the molecule is CCC/C=C/C(=C\c1cc(OC)cc(C2=CCC(C)(C)CC2)c1C)C(=O)NCCO.COC. The Labute approximate surface area is 200 Å². The normalized spacial score (nSPS) is 15.5. The Balaban J connectivity index is 0.00000172. The molecule has 0 radical (unpaired) electrons. The van der Waals surface area contributed by atoms with E-state index in [4.69, 9.17) is 9.84 Å². The Kier molecular flexibility index (Phi) is 12.8. The van der Waals surface area contributed by atoms with Gasteiger partial charge in [-0.3, -0.25) is 4.79 Å². The van der Waals surface area contributed by atoms with Gasteiger partial charge in [0.25, 0.3) is 5.91 Å². The van der Waals surface area contributed by atoms with Gasteiger partial charge in [0.1, 0.15) is 5.75 Å². The van der Waals surface area contributed by atoms with Gasteiger partial charge < -0.3 is 19.9 Å². The summed E-state index contributed by atoms with van der Waals surface area (Å²) in [4.78, 5) is 12.6. The van der Waals surface area contributed by atoms with Crippen molar-refractivity contribution in [2.75, 3.05) is 34.5 Å². The van der Waals surface area contributed by atoms with Crippen LogP contribution in [0.3, 0.4) is 0 Å². The number of benzene rings is 1. The maximum Gasteiger partial charge on any atom is 0.251 e. The summed E-state index contributed by atoms with van der Waals surface area (Å²) < 4.78 is 9.83. The van der Waals surface area contributed by atoms with Gasteiger partial charge in [-0.15, -0.1) is 0 Å². The number of hydrogen-bond acceptors (Lipinski definition) is 4. The van der Waals surface area contributed by atoms with Crippen molar-refractivity contribution in [3.05, 3.63) is 52.6 Å². The monoisotopic (exact) mass is 457 g/mol. The van der Waals surface area contributed by atoms with Crippen LogP contribution in [0, 0.1) is 12.3 Å². The third-order valence-electron chi connectivity index (χ3n) is 5.70. The molecule has 0 bridgehead atoms. The zero-order valence-corrected chi connectivity index (χ0v) is 21.6. The second-order valence-corrected chi connectivity index (χ2v) is 9.17. The topological polar surface area (TPSA) is 67.8 Å². The predicted molar refractivity (Wildman–Crippen MR) is 138 cm³/mol. The first-order valence-corrected chi connectivity index (χ1v) is 11.8. The van der Waals surface area contributed by atoms with Gasteiger partial charge >= 0.3 is 0 Å². The molecule has 33 heavy (non-hydrogen) atoms. The lowest BCUT2D eigenvalue weighted by Gasteiger charge is -2.29. The molecule has 2 N–H and O–H groups in total. The first-order valence-electron chi connectivity index (χ1n) is 11.8. The van der Waals surface area contributed by atoms with Crippen LogP contribution in [0.2, 0.25) is 0 Å². The molecule has 0 fully saturated rings. The molecular formula is C28H43NO4. The fraction of sp³-hybridized carbons (Fsp3) is 0.536. The van der Waals surface area contributed by atoms with Crippen LogP contribution in [0.15, 0.2) is 35.9 Å². The number of methoxy groups -OCH3 is 2. The predicted octanol–water partition coefficient (Wildman–Crippen LogP) is 5.71. The maximum atomic E-state index is 12.6. The number of unbranched alkanes of at least 4 members (excludes halogenated alkanes) is 1. The van der Waals surface area contributed by atoms with Crippen LogP contribution in [0.1, 0.15) is 69.6 Å². The summed E-state index contributed by atoms with van der Waals surface area (Å²) in [6.07, 6.45) is 13.4. The van der Waals surface area contributed by atoms with Gasteiger partial charge in [0.2, 0.25) is 0 Å². The fourth-order valence-corrected chi connectivity index (χ4v) is 3.64. The Hall–Kier alpha value is -2.37. The molecule has 1 aromatic rings. The van der Waals surface area contributed by atoms with Gasteiger partial charge in [0.15, 0.2) is 0 Å². The van der Waals surface area contributed by atoms with E-state index >= 15 is 0 Å². The largest absolute Gasteiger partial charge is 0.497 e. The molecule has 1 aromatic carbocycles. The van der Waals surface area contributed by atoms with Crippen LogP contribution in [-0.4, -0.2) is 45.5 Å². The molecule has 1 aliphatic rings. The highest BCUT2D eigenvalue weighted by Crippen LogP contribution is 2.40. The summed E-state index contributed by atoms with van der Waals surface area (Å²) in [5.74, 6) is 0.610. The van der Waals surface area contributed by atoms with Gasteiger partial charge in [-0.1, -0.05) is 45.4 Å². The van der Waals surface area contributed by atoms with Crippen molar-refractivity contribution in [1.29, 1.82) is 0 Å². The first-order chi connectivity index (χ1) is 15.7. The quantitative estimate of drug-likeness (QED) is 0.368. The minimum Gasteiger partial charge on any atom is -0.497 e. The average Bonchev–Trinajstić information content (AvgIpc) is 2.78. The number of carbonyl (C=O) groups excluding carboxylic acids is 1. The van der Waals surface area contributed by atoms with Crippen LogP contribution in [0.4, 0.5) is 0 Å². The highest BCUT2D eigenvalue weighted by Gasteiger charge is 2.23. The summed E-state index contributed by atoms with van der Waals surface area (Å²) in [5, 5.41) is 11.8. The average molecular weight is 458 g/mol. The van der Waals surface area contributed by atoms with Gasteiger partial charge in [-0.25, -0.2) is 0 Å². The summed E-state index contributed by atoms with van der Waals surface area (Å²) in [5.41, 5.74) is 5.61. The van der Waals surface area contributed by atoms with Crippen molar-refractivity contribution in [2.45, 2.75) is 59.8 Å². The van der Waals surface area contributed by atoms with Crippen molar-refractivity contribution in [2.24, 2.45) is 5.41 Å². The molecular weight excluding hydrogens is 414 g/mol. The molecule has 0 saturated heterocycles.